The lowest BCUT2D eigenvalue weighted by Crippen LogP contribution is -2.21. The summed E-state index contributed by atoms with van der Waals surface area (Å²) in [6.07, 6.45) is 3.95. The van der Waals surface area contributed by atoms with Gasteiger partial charge in [-0.15, -0.1) is 0 Å². The smallest absolute Gasteiger partial charge is 0.127 e. The number of aryl methyl sites for hydroxylation is 2. The molecule has 1 aliphatic heterocycles. The molecule has 4 nitrogen and oxygen atoms in total. The summed E-state index contributed by atoms with van der Waals surface area (Å²) < 4.78 is 18.3. The van der Waals surface area contributed by atoms with E-state index in [-0.39, 0.29) is 5.60 Å². The highest BCUT2D eigenvalue weighted by Gasteiger charge is 2.49. The first-order valence-electron chi connectivity index (χ1n) is 12.6. The summed E-state index contributed by atoms with van der Waals surface area (Å²) in [7, 11) is 0. The van der Waals surface area contributed by atoms with Crippen molar-refractivity contribution >= 4 is 0 Å². The average molecular weight is 473 g/mol. The van der Waals surface area contributed by atoms with E-state index in [1.54, 1.807) is 13.8 Å². The lowest BCUT2D eigenvalue weighted by atomic mass is 9.90. The van der Waals surface area contributed by atoms with Gasteiger partial charge in [-0.1, -0.05) is 24.3 Å². The van der Waals surface area contributed by atoms with Crippen LogP contribution < -0.4 is 14.2 Å². The molecule has 1 aliphatic carbocycles. The predicted octanol–water partition coefficient (Wildman–Crippen LogP) is 6.87. The first-order chi connectivity index (χ1) is 16.6. The Labute approximate surface area is 208 Å². The Hall–Kier alpha value is -2.98. The minimum absolute atomic E-state index is 0.0948. The quantitative estimate of drug-likeness (QED) is 0.389. The van der Waals surface area contributed by atoms with E-state index in [9.17, 15) is 5.11 Å². The van der Waals surface area contributed by atoms with Crippen LogP contribution in [0.25, 0.3) is 11.1 Å². The molecule has 3 aromatic carbocycles. The fourth-order valence-corrected chi connectivity index (χ4v) is 5.02. The first-order valence-corrected chi connectivity index (χ1v) is 12.6. The second kappa shape index (κ2) is 8.91. The van der Waals surface area contributed by atoms with Crippen molar-refractivity contribution in [3.63, 3.8) is 0 Å². The molecule has 0 atom stereocenters. The summed E-state index contributed by atoms with van der Waals surface area (Å²) in [5.41, 5.74) is 7.87. The Bertz CT molecular complexity index is 1220. The fraction of sp³-hybridized carbons (Fsp3) is 0.419. The van der Waals surface area contributed by atoms with E-state index in [2.05, 4.69) is 63.2 Å². The zero-order valence-electron chi connectivity index (χ0n) is 21.5. The number of rotatable bonds is 8. The van der Waals surface area contributed by atoms with Crippen molar-refractivity contribution in [2.24, 2.45) is 0 Å². The molecular weight excluding hydrogens is 436 g/mol. The third-order valence-corrected chi connectivity index (χ3v) is 7.28. The zero-order valence-corrected chi connectivity index (χ0v) is 21.5. The summed E-state index contributed by atoms with van der Waals surface area (Å²) in [6.45, 7) is 11.0. The summed E-state index contributed by atoms with van der Waals surface area (Å²) in [4.78, 5) is 0. The van der Waals surface area contributed by atoms with Crippen LogP contribution in [-0.2, 0) is 13.0 Å². The van der Waals surface area contributed by atoms with E-state index < -0.39 is 5.60 Å². The van der Waals surface area contributed by atoms with Gasteiger partial charge in [-0.3, -0.25) is 0 Å². The molecule has 2 aliphatic rings. The van der Waals surface area contributed by atoms with Gasteiger partial charge in [0.25, 0.3) is 0 Å². The topological polar surface area (TPSA) is 47.9 Å². The van der Waals surface area contributed by atoms with Crippen molar-refractivity contribution in [1.29, 1.82) is 0 Å². The molecule has 1 heterocycles. The highest BCUT2D eigenvalue weighted by Crippen LogP contribution is 2.50. The van der Waals surface area contributed by atoms with E-state index in [1.807, 2.05) is 6.07 Å². The largest absolute Gasteiger partial charge is 0.493 e. The normalized spacial score (nSPS) is 15.6. The number of benzene rings is 3. The van der Waals surface area contributed by atoms with E-state index >= 15 is 0 Å². The van der Waals surface area contributed by atoms with Crippen LogP contribution in [0.5, 0.6) is 17.2 Å². The molecule has 5 rings (SSSR count). The Morgan fingerprint density at radius 3 is 2.37 bits per heavy atom. The Morgan fingerprint density at radius 2 is 1.69 bits per heavy atom. The van der Waals surface area contributed by atoms with E-state index in [4.69, 9.17) is 14.2 Å². The molecule has 1 N–H and O–H groups in total. The van der Waals surface area contributed by atoms with Crippen LogP contribution in [0.4, 0.5) is 0 Å². The molecule has 0 aromatic heterocycles. The molecule has 3 aromatic rings. The van der Waals surface area contributed by atoms with Crippen molar-refractivity contribution in [3.05, 3.63) is 76.3 Å². The van der Waals surface area contributed by atoms with Crippen molar-refractivity contribution in [1.82, 2.24) is 0 Å². The minimum Gasteiger partial charge on any atom is -0.493 e. The van der Waals surface area contributed by atoms with Gasteiger partial charge in [-0.25, -0.2) is 0 Å². The number of ether oxygens (including phenoxy) is 3. The molecule has 1 saturated carbocycles. The number of hydrogen-bond acceptors (Lipinski definition) is 4. The van der Waals surface area contributed by atoms with Crippen LogP contribution in [0, 0.1) is 20.8 Å². The predicted molar refractivity (Wildman–Crippen MR) is 140 cm³/mol. The minimum atomic E-state index is -0.726. The molecule has 0 amide bonds. The number of hydrogen-bond donors (Lipinski definition) is 1. The van der Waals surface area contributed by atoms with Gasteiger partial charge in [0.2, 0.25) is 0 Å². The van der Waals surface area contributed by atoms with Crippen molar-refractivity contribution < 1.29 is 19.3 Å². The number of fused-ring (bicyclic) bond motifs is 1. The Balaban J connectivity index is 1.31. The fourth-order valence-electron chi connectivity index (χ4n) is 5.02. The summed E-state index contributed by atoms with van der Waals surface area (Å²) in [5.74, 6) is 2.68. The van der Waals surface area contributed by atoms with E-state index in [0.717, 1.165) is 36.5 Å². The van der Waals surface area contributed by atoms with Crippen molar-refractivity contribution in [2.45, 2.75) is 78.1 Å². The molecule has 1 spiro atoms. The lowest BCUT2D eigenvalue weighted by Gasteiger charge is -2.19. The molecule has 4 heteroatoms. The molecular formula is C31H36O4. The molecule has 184 valence electrons. The van der Waals surface area contributed by atoms with Crippen LogP contribution in [0.15, 0.2) is 48.5 Å². The van der Waals surface area contributed by atoms with Gasteiger partial charge in [0.05, 0.1) is 12.2 Å². The van der Waals surface area contributed by atoms with Crippen LogP contribution in [-0.4, -0.2) is 22.9 Å². The molecule has 1 fully saturated rings. The Kier molecular flexibility index (Phi) is 6.04. The van der Waals surface area contributed by atoms with Gasteiger partial charge in [-0.05, 0) is 105 Å². The van der Waals surface area contributed by atoms with Crippen LogP contribution in [0.1, 0.15) is 60.9 Å². The lowest BCUT2D eigenvalue weighted by molar-refractivity contribution is 0.0553. The standard InChI is InChI=1S/C31H36O4/c1-20-15-26(33-14-13-30(4,5)32)16-21(2)29(20)27-8-6-7-24(22(27)3)19-34-25-10-9-23-18-31(11-12-31)35-28(23)17-25/h6-10,15-17,32H,11-14,18-19H2,1-5H3. The van der Waals surface area contributed by atoms with Crippen molar-refractivity contribution in [3.8, 4) is 28.4 Å². The highest BCUT2D eigenvalue weighted by molar-refractivity contribution is 5.75. The summed E-state index contributed by atoms with van der Waals surface area (Å²) in [6, 6.07) is 16.9. The molecule has 0 radical (unpaired) electrons. The maximum Gasteiger partial charge on any atom is 0.127 e. The third-order valence-electron chi connectivity index (χ3n) is 7.28. The molecule has 0 saturated heterocycles. The zero-order chi connectivity index (χ0) is 24.8. The van der Waals surface area contributed by atoms with Gasteiger partial charge < -0.3 is 19.3 Å². The van der Waals surface area contributed by atoms with Gasteiger partial charge >= 0.3 is 0 Å². The van der Waals surface area contributed by atoms with Gasteiger partial charge in [-0.2, -0.15) is 0 Å². The summed E-state index contributed by atoms with van der Waals surface area (Å²) in [5, 5.41) is 9.94. The SMILES string of the molecule is Cc1cc(OCCC(C)(C)O)cc(C)c1-c1cccc(COc2ccc3c(c2)OC2(CC2)C3)c1C. The van der Waals surface area contributed by atoms with E-state index in [0.29, 0.717) is 19.6 Å². The molecule has 0 bridgehead atoms. The second-order valence-corrected chi connectivity index (χ2v) is 11.0. The van der Waals surface area contributed by atoms with Crippen LogP contribution in [0.3, 0.4) is 0 Å². The maximum atomic E-state index is 9.94. The first kappa shape index (κ1) is 23.7. The van der Waals surface area contributed by atoms with Gasteiger partial charge in [0.15, 0.2) is 0 Å². The monoisotopic (exact) mass is 472 g/mol. The van der Waals surface area contributed by atoms with Crippen LogP contribution in [0.2, 0.25) is 0 Å². The second-order valence-electron chi connectivity index (χ2n) is 11.0. The van der Waals surface area contributed by atoms with E-state index in [1.165, 1.54) is 38.9 Å². The highest BCUT2D eigenvalue weighted by atomic mass is 16.5. The molecule has 35 heavy (non-hydrogen) atoms. The van der Waals surface area contributed by atoms with Crippen LogP contribution >= 0.6 is 0 Å². The van der Waals surface area contributed by atoms with Gasteiger partial charge in [0.1, 0.15) is 29.5 Å². The number of aliphatic hydroxyl groups is 1. The third kappa shape index (κ3) is 5.18. The van der Waals surface area contributed by atoms with Crippen molar-refractivity contribution in [2.75, 3.05) is 6.61 Å². The maximum absolute atomic E-state index is 9.94. The van der Waals surface area contributed by atoms with Gasteiger partial charge in [0, 0.05) is 18.9 Å². The Morgan fingerprint density at radius 1 is 0.943 bits per heavy atom. The average Bonchev–Trinajstić information content (AvgIpc) is 3.42. The summed E-state index contributed by atoms with van der Waals surface area (Å²) >= 11 is 0. The molecule has 0 unspecified atom stereocenters.